The Morgan fingerprint density at radius 1 is 1.30 bits per heavy atom. The van der Waals surface area contributed by atoms with Crippen LogP contribution in [0.4, 0.5) is 5.69 Å². The first kappa shape index (κ1) is 12.0. The Balaban J connectivity index is 2.06. The van der Waals surface area contributed by atoms with E-state index in [1.54, 1.807) is 13.0 Å². The second-order valence-electron chi connectivity index (χ2n) is 4.27. The fraction of sp³-hybridized carbons (Fsp3) is 0.0833. The number of nitrogen functional groups attached to an aromatic ring is 1. The highest BCUT2D eigenvalue weighted by molar-refractivity contribution is 6.32. The molecule has 2 heterocycles. The quantitative estimate of drug-likeness (QED) is 0.561. The number of aromatic amines is 1. The van der Waals surface area contributed by atoms with Gasteiger partial charge < -0.3 is 5.73 Å². The minimum atomic E-state index is -0.875. The monoisotopic (exact) mass is 271 g/mol. The van der Waals surface area contributed by atoms with Crippen LogP contribution in [-0.2, 0) is 0 Å². The molecule has 0 saturated carbocycles. The molecule has 0 bridgehead atoms. The lowest BCUT2D eigenvalue weighted by Crippen LogP contribution is -2.36. The molecule has 0 fully saturated rings. The number of rotatable bonds is 1. The first-order valence-electron chi connectivity index (χ1n) is 5.71. The maximum atomic E-state index is 12.2. The molecular formula is C12H9N5O3. The number of benzene rings is 1. The lowest BCUT2D eigenvalue weighted by atomic mass is 10.1. The van der Waals surface area contributed by atoms with Gasteiger partial charge in [-0.3, -0.25) is 19.5 Å². The Hall–Kier alpha value is -3.03. The van der Waals surface area contributed by atoms with Crippen LogP contribution in [0.3, 0.4) is 0 Å². The number of hydrogen-bond acceptors (Lipinski definition) is 6. The van der Waals surface area contributed by atoms with Crippen LogP contribution < -0.4 is 5.73 Å². The van der Waals surface area contributed by atoms with Crippen LogP contribution in [0.25, 0.3) is 0 Å². The Kier molecular flexibility index (Phi) is 2.40. The zero-order valence-corrected chi connectivity index (χ0v) is 10.4. The molecule has 20 heavy (non-hydrogen) atoms. The van der Waals surface area contributed by atoms with Crippen LogP contribution in [0.15, 0.2) is 18.2 Å². The van der Waals surface area contributed by atoms with Crippen molar-refractivity contribution in [1.29, 1.82) is 0 Å². The molecule has 1 aromatic heterocycles. The summed E-state index contributed by atoms with van der Waals surface area (Å²) < 4.78 is 0. The number of nitrogens with zero attached hydrogens (tertiary/aromatic N) is 3. The van der Waals surface area contributed by atoms with Crippen molar-refractivity contribution < 1.29 is 14.4 Å². The van der Waals surface area contributed by atoms with Crippen molar-refractivity contribution in [3.63, 3.8) is 0 Å². The molecule has 0 unspecified atom stereocenters. The number of amides is 3. The summed E-state index contributed by atoms with van der Waals surface area (Å²) in [6.45, 7) is 1.60. The Morgan fingerprint density at radius 2 is 2.05 bits per heavy atom. The first-order valence-corrected chi connectivity index (χ1v) is 5.71. The average Bonchev–Trinajstić information content (AvgIpc) is 2.94. The Bertz CT molecular complexity index is 764. The van der Waals surface area contributed by atoms with E-state index in [1.807, 2.05) is 0 Å². The van der Waals surface area contributed by atoms with Gasteiger partial charge in [-0.15, -0.1) is 5.10 Å². The van der Waals surface area contributed by atoms with Crippen LogP contribution in [0, 0.1) is 6.92 Å². The minimum absolute atomic E-state index is 0.0399. The van der Waals surface area contributed by atoms with Crippen molar-refractivity contribution in [2.75, 3.05) is 5.73 Å². The summed E-state index contributed by atoms with van der Waals surface area (Å²) >= 11 is 0. The fourth-order valence-electron chi connectivity index (χ4n) is 2.03. The number of nitrogens with two attached hydrogens (primary N) is 1. The van der Waals surface area contributed by atoms with Gasteiger partial charge in [0.25, 0.3) is 11.8 Å². The van der Waals surface area contributed by atoms with E-state index in [2.05, 4.69) is 15.2 Å². The van der Waals surface area contributed by atoms with Gasteiger partial charge in [-0.05, 0) is 19.1 Å². The smallest absolute Gasteiger partial charge is 0.307 e. The van der Waals surface area contributed by atoms with Crippen LogP contribution in [-0.4, -0.2) is 37.8 Å². The summed E-state index contributed by atoms with van der Waals surface area (Å²) in [6, 6.07) is 4.49. The van der Waals surface area contributed by atoms with Gasteiger partial charge >= 0.3 is 5.91 Å². The largest absolute Gasteiger partial charge is 0.398 e. The topological polar surface area (TPSA) is 122 Å². The molecule has 1 aliphatic heterocycles. The third-order valence-electron chi connectivity index (χ3n) is 2.94. The van der Waals surface area contributed by atoms with Crippen molar-refractivity contribution in [2.45, 2.75) is 6.92 Å². The normalized spacial score (nSPS) is 13.8. The molecule has 8 nitrogen and oxygen atoms in total. The molecule has 3 amide bonds. The summed E-state index contributed by atoms with van der Waals surface area (Å²) in [7, 11) is 0. The molecule has 0 atom stereocenters. The number of anilines is 1. The van der Waals surface area contributed by atoms with Gasteiger partial charge in [0.05, 0.1) is 11.1 Å². The standard InChI is InChI=1S/C12H9N5O3/c1-5-14-9(16-15-5)12(20)17-10(18)6-3-2-4-7(13)8(6)11(17)19/h2-4H,13H2,1H3,(H,14,15,16). The highest BCUT2D eigenvalue weighted by Crippen LogP contribution is 2.28. The molecular weight excluding hydrogens is 262 g/mol. The van der Waals surface area contributed by atoms with Gasteiger partial charge in [-0.1, -0.05) is 6.07 Å². The maximum Gasteiger partial charge on any atom is 0.307 e. The lowest BCUT2D eigenvalue weighted by molar-refractivity contribution is 0.0560. The SMILES string of the molecule is Cc1nc(C(=O)N2C(=O)c3cccc(N)c3C2=O)n[nH]1. The number of aromatic nitrogens is 3. The molecule has 1 aliphatic rings. The second-order valence-corrected chi connectivity index (χ2v) is 4.27. The predicted molar refractivity (Wildman–Crippen MR) is 66.8 cm³/mol. The van der Waals surface area contributed by atoms with Gasteiger partial charge in [0.15, 0.2) is 0 Å². The maximum absolute atomic E-state index is 12.2. The summed E-state index contributed by atoms with van der Waals surface area (Å²) in [5.74, 6) is -2.18. The van der Waals surface area contributed by atoms with E-state index in [1.165, 1.54) is 12.1 Å². The zero-order chi connectivity index (χ0) is 14.4. The number of H-pyrrole nitrogens is 1. The van der Waals surface area contributed by atoms with Gasteiger partial charge in [0.2, 0.25) is 5.82 Å². The van der Waals surface area contributed by atoms with Crippen LogP contribution in [0.2, 0.25) is 0 Å². The van der Waals surface area contributed by atoms with E-state index < -0.39 is 17.7 Å². The van der Waals surface area contributed by atoms with Gasteiger partial charge in [-0.25, -0.2) is 9.88 Å². The van der Waals surface area contributed by atoms with E-state index in [9.17, 15) is 14.4 Å². The number of imide groups is 3. The van der Waals surface area contributed by atoms with Crippen molar-refractivity contribution in [3.05, 3.63) is 41.0 Å². The third kappa shape index (κ3) is 1.51. The van der Waals surface area contributed by atoms with Gasteiger partial charge in [0.1, 0.15) is 5.82 Å². The summed E-state index contributed by atoms with van der Waals surface area (Å²) in [4.78, 5) is 40.8. The Morgan fingerprint density at radius 3 is 2.65 bits per heavy atom. The van der Waals surface area contributed by atoms with Gasteiger partial charge in [0, 0.05) is 5.69 Å². The second kappa shape index (κ2) is 3.98. The summed E-state index contributed by atoms with van der Waals surface area (Å²) in [5, 5.41) is 6.13. The minimum Gasteiger partial charge on any atom is -0.398 e. The van der Waals surface area contributed by atoms with Crippen molar-refractivity contribution >= 4 is 23.4 Å². The predicted octanol–water partition coefficient (Wildman–Crippen LogP) is 0.132. The molecule has 2 aromatic rings. The highest BCUT2D eigenvalue weighted by atomic mass is 16.2. The van der Waals surface area contributed by atoms with E-state index in [4.69, 9.17) is 5.73 Å². The van der Waals surface area contributed by atoms with Crippen molar-refractivity contribution in [3.8, 4) is 0 Å². The fourth-order valence-corrected chi connectivity index (χ4v) is 2.03. The molecule has 0 saturated heterocycles. The summed E-state index contributed by atoms with van der Waals surface area (Å²) in [6.07, 6.45) is 0. The van der Waals surface area contributed by atoms with Crippen LogP contribution >= 0.6 is 0 Å². The van der Waals surface area contributed by atoms with E-state index in [0.29, 0.717) is 10.7 Å². The molecule has 3 N–H and O–H groups in total. The molecule has 0 aliphatic carbocycles. The number of hydrogen-bond donors (Lipinski definition) is 2. The number of fused-ring (bicyclic) bond motifs is 1. The van der Waals surface area contributed by atoms with Crippen LogP contribution in [0.5, 0.6) is 0 Å². The lowest BCUT2D eigenvalue weighted by Gasteiger charge is -2.08. The highest BCUT2D eigenvalue weighted by Gasteiger charge is 2.42. The van der Waals surface area contributed by atoms with Crippen molar-refractivity contribution in [1.82, 2.24) is 20.1 Å². The number of carbonyl (C=O) groups excluding carboxylic acids is 3. The van der Waals surface area contributed by atoms with Crippen molar-refractivity contribution in [2.24, 2.45) is 0 Å². The molecule has 3 rings (SSSR count). The average molecular weight is 271 g/mol. The van der Waals surface area contributed by atoms with Crippen LogP contribution in [0.1, 0.15) is 37.2 Å². The Labute approximate surface area is 112 Å². The number of nitrogens with one attached hydrogen (secondary N) is 1. The number of aryl methyl sites for hydroxylation is 1. The summed E-state index contributed by atoms with van der Waals surface area (Å²) in [5.41, 5.74) is 5.98. The molecule has 0 radical (unpaired) electrons. The molecule has 1 aromatic carbocycles. The number of carbonyl (C=O) groups is 3. The molecule has 8 heteroatoms. The molecule has 0 spiro atoms. The van der Waals surface area contributed by atoms with Gasteiger partial charge in [-0.2, -0.15) is 0 Å². The third-order valence-corrected chi connectivity index (χ3v) is 2.94. The van der Waals surface area contributed by atoms with E-state index in [0.717, 1.165) is 0 Å². The first-order chi connectivity index (χ1) is 9.50. The van der Waals surface area contributed by atoms with E-state index in [-0.39, 0.29) is 22.6 Å². The molecule has 100 valence electrons. The zero-order valence-electron chi connectivity index (χ0n) is 10.4. The van der Waals surface area contributed by atoms with E-state index >= 15 is 0 Å².